The maximum atomic E-state index is 2.66. The van der Waals surface area contributed by atoms with Crippen molar-refractivity contribution in [3.63, 3.8) is 0 Å². The van der Waals surface area contributed by atoms with Crippen molar-refractivity contribution in [2.45, 2.75) is 72.1 Å². The van der Waals surface area contributed by atoms with E-state index in [2.05, 4.69) is 26.8 Å². The lowest BCUT2D eigenvalue weighted by Crippen LogP contribution is -2.48. The predicted molar refractivity (Wildman–Crippen MR) is 92.4 cm³/mol. The van der Waals surface area contributed by atoms with E-state index in [4.69, 9.17) is 0 Å². The monoisotopic (exact) mass is 298 g/mol. The van der Waals surface area contributed by atoms with Crippen LogP contribution in [-0.2, 0) is 0 Å². The highest BCUT2D eigenvalue weighted by Crippen LogP contribution is 2.74. The minimum Gasteiger partial charge on any atom is -0.0876 e. The minimum atomic E-state index is 0.609. The number of hydrogen-bond acceptors (Lipinski definition) is 0. The van der Waals surface area contributed by atoms with Gasteiger partial charge in [0.05, 0.1) is 0 Å². The molecule has 0 aromatic rings. The molecule has 0 bridgehead atoms. The second kappa shape index (κ2) is 4.64. The number of allylic oxidation sites excluding steroid dienone is 2. The standard InChI is InChI=1S/C22H34/c1-4-20-18-12-19(18)21-17-8-6-14-11-13(2)5-7-15(14)16(17)9-10-22(20,21)3/h4,13-19,21H,5-12H2,1-3H3/b20-4-. The Kier molecular flexibility index (Phi) is 2.98. The average Bonchev–Trinajstić information content (AvgIpc) is 3.21. The van der Waals surface area contributed by atoms with Gasteiger partial charge in [0.25, 0.3) is 0 Å². The van der Waals surface area contributed by atoms with Gasteiger partial charge in [0.1, 0.15) is 0 Å². The van der Waals surface area contributed by atoms with Gasteiger partial charge >= 0.3 is 0 Å². The Labute approximate surface area is 137 Å². The van der Waals surface area contributed by atoms with Crippen molar-refractivity contribution in [3.05, 3.63) is 11.6 Å². The molecule has 5 aliphatic carbocycles. The summed E-state index contributed by atoms with van der Waals surface area (Å²) in [6, 6.07) is 0. The molecule has 5 rings (SSSR count). The first-order chi connectivity index (χ1) is 10.6. The zero-order valence-electron chi connectivity index (χ0n) is 14.9. The smallest absolute Gasteiger partial charge is 0.00797 e. The summed E-state index contributed by atoms with van der Waals surface area (Å²) in [6.07, 6.45) is 15.0. The summed E-state index contributed by atoms with van der Waals surface area (Å²) in [7, 11) is 0. The topological polar surface area (TPSA) is 0 Å². The van der Waals surface area contributed by atoms with Crippen LogP contribution >= 0.6 is 0 Å². The highest BCUT2D eigenvalue weighted by molar-refractivity contribution is 5.34. The van der Waals surface area contributed by atoms with Crippen LogP contribution in [0.2, 0.25) is 0 Å². The Morgan fingerprint density at radius 2 is 1.73 bits per heavy atom. The summed E-state index contributed by atoms with van der Waals surface area (Å²) in [6.45, 7) is 7.48. The second-order valence-corrected chi connectivity index (χ2v) is 9.98. The van der Waals surface area contributed by atoms with E-state index in [1.165, 1.54) is 12.8 Å². The summed E-state index contributed by atoms with van der Waals surface area (Å²) in [5.41, 5.74) is 2.50. The number of rotatable bonds is 0. The largest absolute Gasteiger partial charge is 0.0876 e. The fraction of sp³-hybridized carbons (Fsp3) is 0.909. The van der Waals surface area contributed by atoms with Crippen molar-refractivity contribution in [3.8, 4) is 0 Å². The van der Waals surface area contributed by atoms with Gasteiger partial charge in [-0.3, -0.25) is 0 Å². The molecule has 9 atom stereocenters. The third-order valence-corrected chi connectivity index (χ3v) is 9.14. The molecule has 0 aromatic carbocycles. The van der Waals surface area contributed by atoms with E-state index in [1.54, 1.807) is 38.5 Å². The first-order valence-corrected chi connectivity index (χ1v) is 10.3. The summed E-state index contributed by atoms with van der Waals surface area (Å²) in [4.78, 5) is 0. The lowest BCUT2D eigenvalue weighted by Gasteiger charge is -2.56. The molecular weight excluding hydrogens is 264 g/mol. The van der Waals surface area contributed by atoms with Gasteiger partial charge in [0.15, 0.2) is 0 Å². The van der Waals surface area contributed by atoms with Crippen LogP contribution in [0.25, 0.3) is 0 Å². The first kappa shape index (κ1) is 14.1. The molecule has 0 heteroatoms. The molecule has 0 aromatic heterocycles. The Morgan fingerprint density at radius 1 is 0.909 bits per heavy atom. The minimum absolute atomic E-state index is 0.609. The van der Waals surface area contributed by atoms with Crippen LogP contribution in [0.1, 0.15) is 72.1 Å². The number of fused-ring (bicyclic) bond motifs is 7. The SMILES string of the molecule is C/C=C1/C2CC2C2C3CCC4CC(C)CCC4C3CCC12C. The molecule has 0 saturated heterocycles. The first-order valence-electron chi connectivity index (χ1n) is 10.3. The van der Waals surface area contributed by atoms with Gasteiger partial charge in [0, 0.05) is 0 Å². The van der Waals surface area contributed by atoms with E-state index in [1.807, 2.05) is 5.57 Å². The third-order valence-electron chi connectivity index (χ3n) is 9.14. The van der Waals surface area contributed by atoms with Crippen LogP contribution in [0.5, 0.6) is 0 Å². The van der Waals surface area contributed by atoms with Crippen LogP contribution in [0.3, 0.4) is 0 Å². The molecule has 5 fully saturated rings. The van der Waals surface area contributed by atoms with Crippen molar-refractivity contribution in [2.24, 2.45) is 52.8 Å². The zero-order valence-corrected chi connectivity index (χ0v) is 14.9. The average molecular weight is 299 g/mol. The van der Waals surface area contributed by atoms with Gasteiger partial charge in [0.2, 0.25) is 0 Å². The van der Waals surface area contributed by atoms with Crippen molar-refractivity contribution in [2.75, 3.05) is 0 Å². The fourth-order valence-corrected chi connectivity index (χ4v) is 8.40. The lowest BCUT2D eigenvalue weighted by atomic mass is 9.49. The molecule has 22 heavy (non-hydrogen) atoms. The van der Waals surface area contributed by atoms with Crippen molar-refractivity contribution < 1.29 is 0 Å². The van der Waals surface area contributed by atoms with Crippen LogP contribution in [0.4, 0.5) is 0 Å². The van der Waals surface area contributed by atoms with Crippen LogP contribution < -0.4 is 0 Å². The summed E-state index contributed by atoms with van der Waals surface area (Å²) < 4.78 is 0. The molecule has 0 aliphatic heterocycles. The lowest BCUT2D eigenvalue weighted by molar-refractivity contribution is -0.0554. The molecule has 5 saturated carbocycles. The highest BCUT2D eigenvalue weighted by Gasteiger charge is 2.66. The Morgan fingerprint density at radius 3 is 2.55 bits per heavy atom. The fourth-order valence-electron chi connectivity index (χ4n) is 8.40. The molecule has 9 unspecified atom stereocenters. The molecule has 0 spiro atoms. The summed E-state index contributed by atoms with van der Waals surface area (Å²) in [5, 5.41) is 0. The summed E-state index contributed by atoms with van der Waals surface area (Å²) in [5.74, 6) is 8.63. The Bertz CT molecular complexity index is 502. The zero-order chi connectivity index (χ0) is 15.1. The summed E-state index contributed by atoms with van der Waals surface area (Å²) >= 11 is 0. The third kappa shape index (κ3) is 1.71. The quantitative estimate of drug-likeness (QED) is 0.476. The molecule has 122 valence electrons. The maximum absolute atomic E-state index is 2.66. The van der Waals surface area contributed by atoms with Crippen molar-refractivity contribution in [1.29, 1.82) is 0 Å². The van der Waals surface area contributed by atoms with E-state index in [0.717, 1.165) is 47.3 Å². The number of hydrogen-bond donors (Lipinski definition) is 0. The van der Waals surface area contributed by atoms with Gasteiger partial charge in [-0.2, -0.15) is 0 Å². The van der Waals surface area contributed by atoms with E-state index in [-0.39, 0.29) is 0 Å². The Hall–Kier alpha value is -0.260. The van der Waals surface area contributed by atoms with Gasteiger partial charge in [-0.25, -0.2) is 0 Å². The van der Waals surface area contributed by atoms with Gasteiger partial charge in [-0.15, -0.1) is 0 Å². The molecule has 0 amide bonds. The van der Waals surface area contributed by atoms with Crippen molar-refractivity contribution >= 4 is 0 Å². The predicted octanol–water partition coefficient (Wildman–Crippen LogP) is 6.08. The van der Waals surface area contributed by atoms with Gasteiger partial charge in [-0.05, 0) is 105 Å². The van der Waals surface area contributed by atoms with E-state index < -0.39 is 0 Å². The van der Waals surface area contributed by atoms with E-state index in [0.29, 0.717) is 5.41 Å². The van der Waals surface area contributed by atoms with Gasteiger partial charge < -0.3 is 0 Å². The van der Waals surface area contributed by atoms with Crippen molar-refractivity contribution in [1.82, 2.24) is 0 Å². The molecular formula is C22H34. The molecule has 5 aliphatic rings. The normalized spacial score (nSPS) is 61.1. The molecule has 0 heterocycles. The highest BCUT2D eigenvalue weighted by atomic mass is 14.7. The van der Waals surface area contributed by atoms with Crippen LogP contribution in [-0.4, -0.2) is 0 Å². The van der Waals surface area contributed by atoms with Gasteiger partial charge in [-0.1, -0.05) is 31.9 Å². The van der Waals surface area contributed by atoms with Crippen LogP contribution in [0.15, 0.2) is 11.6 Å². The second-order valence-electron chi connectivity index (χ2n) is 9.98. The molecule has 0 nitrogen and oxygen atoms in total. The molecule has 0 radical (unpaired) electrons. The Balaban J connectivity index is 1.45. The maximum Gasteiger partial charge on any atom is -0.00797 e. The van der Waals surface area contributed by atoms with Crippen LogP contribution in [0, 0.1) is 52.8 Å². The van der Waals surface area contributed by atoms with E-state index in [9.17, 15) is 0 Å². The molecule has 0 N–H and O–H groups in total. The van der Waals surface area contributed by atoms with E-state index >= 15 is 0 Å².